The molecule has 2 saturated heterocycles. The first-order valence-electron chi connectivity index (χ1n) is 11.1. The molecule has 2 aliphatic heterocycles. The molecule has 2 fully saturated rings. The molecule has 0 aliphatic carbocycles. The number of pyridine rings is 1. The van der Waals surface area contributed by atoms with E-state index in [-0.39, 0.29) is 29.8 Å². The van der Waals surface area contributed by atoms with Gasteiger partial charge >= 0.3 is 6.18 Å². The van der Waals surface area contributed by atoms with Gasteiger partial charge in [0.1, 0.15) is 17.3 Å². The van der Waals surface area contributed by atoms with Crippen molar-refractivity contribution in [1.82, 2.24) is 30.6 Å². The first-order valence-corrected chi connectivity index (χ1v) is 11.1. The zero-order valence-corrected chi connectivity index (χ0v) is 18.2. The Labute approximate surface area is 188 Å². The Balaban J connectivity index is 1.52. The lowest BCUT2D eigenvalue weighted by atomic mass is 10.0. The second kappa shape index (κ2) is 8.88. The number of hydrogen-bond acceptors (Lipinski definition) is 7. The van der Waals surface area contributed by atoms with Gasteiger partial charge in [-0.05, 0) is 38.4 Å². The molecule has 0 bridgehead atoms. The van der Waals surface area contributed by atoms with Crippen molar-refractivity contribution in [3.05, 3.63) is 35.8 Å². The Kier molecular flexibility index (Phi) is 5.94. The van der Waals surface area contributed by atoms with E-state index in [1.165, 1.54) is 6.20 Å². The Morgan fingerprint density at radius 3 is 2.82 bits per heavy atom. The molecule has 2 aliphatic rings. The van der Waals surface area contributed by atoms with Crippen molar-refractivity contribution in [3.8, 4) is 11.3 Å². The van der Waals surface area contributed by atoms with Gasteiger partial charge in [0.25, 0.3) is 0 Å². The second-order valence-electron chi connectivity index (χ2n) is 8.51. The van der Waals surface area contributed by atoms with Gasteiger partial charge in [0.05, 0.1) is 18.0 Å². The molecule has 0 spiro atoms. The van der Waals surface area contributed by atoms with Crippen LogP contribution in [0.1, 0.15) is 37.1 Å². The first-order chi connectivity index (χ1) is 15.9. The Morgan fingerprint density at radius 2 is 2.06 bits per heavy atom. The number of alkyl halides is 3. The van der Waals surface area contributed by atoms with Crippen molar-refractivity contribution < 1.29 is 17.9 Å². The molecule has 4 N–H and O–H groups in total. The number of nitrogens with one attached hydrogen (secondary N) is 4. The summed E-state index contributed by atoms with van der Waals surface area (Å²) in [5.41, 5.74) is 0.490. The second-order valence-corrected chi connectivity index (χ2v) is 8.51. The molecule has 5 rings (SSSR count). The molecule has 0 radical (unpaired) electrons. The van der Waals surface area contributed by atoms with E-state index in [1.807, 2.05) is 6.92 Å². The summed E-state index contributed by atoms with van der Waals surface area (Å²) in [6.07, 6.45) is -0.545. The number of piperidine rings is 1. The topological polar surface area (TPSA) is 99.8 Å². The molecule has 11 heteroatoms. The smallest absolute Gasteiger partial charge is 0.369 e. The van der Waals surface area contributed by atoms with Gasteiger partial charge in [-0.15, -0.1) is 0 Å². The van der Waals surface area contributed by atoms with Crippen LogP contribution in [0, 0.1) is 0 Å². The molecular formula is C22H26F3N7O. The predicted octanol–water partition coefficient (Wildman–Crippen LogP) is 3.25. The van der Waals surface area contributed by atoms with Gasteiger partial charge in [-0.2, -0.15) is 13.2 Å². The van der Waals surface area contributed by atoms with Crippen LogP contribution in [0.2, 0.25) is 0 Å². The number of rotatable bonds is 4. The zero-order chi connectivity index (χ0) is 23.0. The molecule has 5 heterocycles. The van der Waals surface area contributed by atoms with Crippen LogP contribution in [0.3, 0.4) is 0 Å². The molecule has 3 aromatic heterocycles. The van der Waals surface area contributed by atoms with Crippen LogP contribution in [0.4, 0.5) is 19.1 Å². The van der Waals surface area contributed by atoms with Crippen molar-refractivity contribution in [1.29, 1.82) is 0 Å². The molecule has 0 saturated carbocycles. The van der Waals surface area contributed by atoms with E-state index in [0.717, 1.165) is 44.4 Å². The standard InChI is InChI=1S/C22H26F3N7O/c1-12-19(33-8-7-27-12)17-5-4-14-15(10-28-20(14)31-17)18-16(22(23,24)25)11-29-21(32-18)30-13-3-2-6-26-9-13/h4-5,10-13,19,26-27H,2-3,6-9H2,1H3,(H,28,31)(H,29,30,32)/t12?,13-,19+/m0/s1. The van der Waals surface area contributed by atoms with Crippen LogP contribution in [0.25, 0.3) is 22.3 Å². The highest BCUT2D eigenvalue weighted by atomic mass is 19.4. The SMILES string of the molecule is CC1NCCO[C@H]1c1ccc2c(-c3nc(N[C@H]4CCCNC4)ncc3C(F)(F)F)c[nH]c2n1. The quantitative estimate of drug-likeness (QED) is 0.473. The van der Waals surface area contributed by atoms with Crippen molar-refractivity contribution in [2.75, 3.05) is 31.6 Å². The molecule has 8 nitrogen and oxygen atoms in total. The van der Waals surface area contributed by atoms with Gasteiger partial charge in [-0.1, -0.05) is 0 Å². The summed E-state index contributed by atoms with van der Waals surface area (Å²) in [6.45, 7) is 5.02. The summed E-state index contributed by atoms with van der Waals surface area (Å²) in [5, 5.41) is 10.3. The summed E-state index contributed by atoms with van der Waals surface area (Å²) < 4.78 is 47.3. The zero-order valence-electron chi connectivity index (χ0n) is 18.2. The Bertz CT molecular complexity index is 1130. The lowest BCUT2D eigenvalue weighted by Gasteiger charge is -2.29. The summed E-state index contributed by atoms with van der Waals surface area (Å²) in [4.78, 5) is 15.9. The number of hydrogen-bond donors (Lipinski definition) is 4. The number of anilines is 1. The number of ether oxygens (including phenoxy) is 1. The minimum Gasteiger partial charge on any atom is -0.369 e. The molecule has 3 aromatic rings. The lowest BCUT2D eigenvalue weighted by Crippen LogP contribution is -2.41. The Hall–Kier alpha value is -2.76. The maximum atomic E-state index is 13.8. The summed E-state index contributed by atoms with van der Waals surface area (Å²) in [7, 11) is 0. The number of morpholine rings is 1. The normalized spacial score (nSPS) is 24.2. The molecule has 1 unspecified atom stereocenters. The molecule has 176 valence electrons. The number of H-pyrrole nitrogens is 1. The van der Waals surface area contributed by atoms with Crippen molar-refractivity contribution in [2.45, 2.75) is 44.1 Å². The predicted molar refractivity (Wildman–Crippen MR) is 118 cm³/mol. The minimum atomic E-state index is -4.59. The average Bonchev–Trinajstić information content (AvgIpc) is 3.22. The fourth-order valence-corrected chi connectivity index (χ4v) is 4.46. The van der Waals surface area contributed by atoms with Crippen LogP contribution in [0.15, 0.2) is 24.5 Å². The highest BCUT2D eigenvalue weighted by Crippen LogP contribution is 2.39. The first kappa shape index (κ1) is 22.1. The van der Waals surface area contributed by atoms with Crippen LogP contribution in [-0.4, -0.2) is 58.3 Å². The van der Waals surface area contributed by atoms with Crippen molar-refractivity contribution in [3.63, 3.8) is 0 Å². The molecule has 0 amide bonds. The van der Waals surface area contributed by atoms with Crippen molar-refractivity contribution >= 4 is 17.0 Å². The molecule has 33 heavy (non-hydrogen) atoms. The number of halogens is 3. The maximum absolute atomic E-state index is 13.8. The van der Waals surface area contributed by atoms with Gasteiger partial charge in [-0.25, -0.2) is 15.0 Å². The van der Waals surface area contributed by atoms with Gasteiger partial charge in [0.15, 0.2) is 0 Å². The van der Waals surface area contributed by atoms with Gasteiger partial charge < -0.3 is 25.7 Å². The Morgan fingerprint density at radius 1 is 1.18 bits per heavy atom. The van der Waals surface area contributed by atoms with E-state index in [4.69, 9.17) is 4.74 Å². The van der Waals surface area contributed by atoms with Gasteiger partial charge in [0, 0.05) is 48.5 Å². The average molecular weight is 461 g/mol. The number of aromatic amines is 1. The largest absolute Gasteiger partial charge is 0.419 e. The van der Waals surface area contributed by atoms with Gasteiger partial charge in [-0.3, -0.25) is 0 Å². The van der Waals surface area contributed by atoms with Crippen LogP contribution in [0.5, 0.6) is 0 Å². The molecule has 3 atom stereocenters. The van der Waals surface area contributed by atoms with E-state index < -0.39 is 11.7 Å². The van der Waals surface area contributed by atoms with Crippen LogP contribution >= 0.6 is 0 Å². The van der Waals surface area contributed by atoms with Crippen molar-refractivity contribution in [2.24, 2.45) is 0 Å². The highest BCUT2D eigenvalue weighted by molar-refractivity contribution is 5.93. The highest BCUT2D eigenvalue weighted by Gasteiger charge is 2.36. The minimum absolute atomic E-state index is 0.0709. The molecular weight excluding hydrogens is 435 g/mol. The number of fused-ring (bicyclic) bond motifs is 1. The fraction of sp³-hybridized carbons (Fsp3) is 0.500. The third-order valence-corrected chi connectivity index (χ3v) is 6.15. The fourth-order valence-electron chi connectivity index (χ4n) is 4.46. The number of aromatic nitrogens is 4. The van der Waals surface area contributed by atoms with E-state index in [0.29, 0.717) is 23.2 Å². The summed E-state index contributed by atoms with van der Waals surface area (Å²) in [6, 6.07) is 3.73. The molecule has 0 aromatic carbocycles. The third kappa shape index (κ3) is 4.53. The lowest BCUT2D eigenvalue weighted by molar-refractivity contribution is -0.137. The number of nitrogens with zero attached hydrogens (tertiary/aromatic N) is 3. The summed E-state index contributed by atoms with van der Waals surface area (Å²) >= 11 is 0. The van der Waals surface area contributed by atoms with Gasteiger partial charge in [0.2, 0.25) is 5.95 Å². The monoisotopic (exact) mass is 461 g/mol. The van der Waals surface area contributed by atoms with E-state index in [9.17, 15) is 13.2 Å². The third-order valence-electron chi connectivity index (χ3n) is 6.15. The maximum Gasteiger partial charge on any atom is 0.419 e. The van der Waals surface area contributed by atoms with E-state index >= 15 is 0 Å². The van der Waals surface area contributed by atoms with Crippen LogP contribution in [-0.2, 0) is 10.9 Å². The van der Waals surface area contributed by atoms with E-state index in [1.54, 1.807) is 12.1 Å². The van der Waals surface area contributed by atoms with E-state index in [2.05, 4.69) is 35.9 Å². The summed E-state index contributed by atoms with van der Waals surface area (Å²) in [5.74, 6) is 0.182. The van der Waals surface area contributed by atoms with Crippen LogP contribution < -0.4 is 16.0 Å².